The molecule has 0 fully saturated rings. The largest absolute Gasteiger partial charge is 0.494 e. The van der Waals surface area contributed by atoms with Crippen LogP contribution in [0.3, 0.4) is 0 Å². The van der Waals surface area contributed by atoms with Crippen molar-refractivity contribution in [1.29, 1.82) is 0 Å². The van der Waals surface area contributed by atoms with Crippen molar-refractivity contribution in [1.82, 2.24) is 0 Å². The zero-order chi connectivity index (χ0) is 15.8. The number of ether oxygens (including phenoxy) is 2. The minimum Gasteiger partial charge on any atom is -0.494 e. The number of Topliss-reactive ketones (excluding diaryl/α,β-unsaturated/α-hetero) is 1. The van der Waals surface area contributed by atoms with Gasteiger partial charge in [-0.15, -0.1) is 0 Å². The van der Waals surface area contributed by atoms with Crippen molar-refractivity contribution in [2.75, 3.05) is 13.2 Å². The van der Waals surface area contributed by atoms with E-state index in [0.717, 1.165) is 0 Å². The Morgan fingerprint density at radius 1 is 1.33 bits per heavy atom. The van der Waals surface area contributed by atoms with Gasteiger partial charge in [-0.1, -0.05) is 0 Å². The van der Waals surface area contributed by atoms with E-state index < -0.39 is 10.7 Å². The van der Waals surface area contributed by atoms with Crippen molar-refractivity contribution in [2.24, 2.45) is 0 Å². The fourth-order valence-electron chi connectivity index (χ4n) is 1.69. The molecule has 0 aliphatic carbocycles. The average molecular weight is 295 g/mol. The van der Waals surface area contributed by atoms with Gasteiger partial charge in [0.1, 0.15) is 5.75 Å². The van der Waals surface area contributed by atoms with Crippen molar-refractivity contribution in [3.05, 3.63) is 33.9 Å². The smallest absolute Gasteiger partial charge is 0.305 e. The number of rotatable bonds is 8. The molecule has 7 nitrogen and oxygen atoms in total. The first kappa shape index (κ1) is 16.6. The molecule has 0 aliphatic rings. The van der Waals surface area contributed by atoms with Gasteiger partial charge in [0.2, 0.25) is 0 Å². The molecule has 1 rings (SSSR count). The minimum atomic E-state index is -0.610. The summed E-state index contributed by atoms with van der Waals surface area (Å²) in [5.41, 5.74) is -0.246. The highest BCUT2D eigenvalue weighted by Gasteiger charge is 2.18. The number of hydrogen-bond acceptors (Lipinski definition) is 6. The molecule has 0 aromatic heterocycles. The first-order valence-electron chi connectivity index (χ1n) is 6.53. The number of carbonyl (C=O) groups is 2. The molecule has 0 radical (unpaired) electrons. The lowest BCUT2D eigenvalue weighted by Gasteiger charge is -2.07. The molecular weight excluding hydrogens is 278 g/mol. The van der Waals surface area contributed by atoms with E-state index >= 15 is 0 Å². The Labute approximate surface area is 122 Å². The van der Waals surface area contributed by atoms with Gasteiger partial charge in [0.05, 0.1) is 23.7 Å². The molecule has 1 aromatic rings. The average Bonchev–Trinajstić information content (AvgIpc) is 2.43. The van der Waals surface area contributed by atoms with Crippen LogP contribution in [0, 0.1) is 10.1 Å². The van der Waals surface area contributed by atoms with Gasteiger partial charge in [-0.3, -0.25) is 19.7 Å². The molecule has 0 amide bonds. The zero-order valence-corrected chi connectivity index (χ0v) is 12.0. The third-order valence-corrected chi connectivity index (χ3v) is 2.64. The highest BCUT2D eigenvalue weighted by molar-refractivity contribution is 5.98. The van der Waals surface area contributed by atoms with E-state index in [2.05, 4.69) is 0 Å². The fraction of sp³-hybridized carbons (Fsp3) is 0.429. The van der Waals surface area contributed by atoms with E-state index in [1.807, 2.05) is 0 Å². The van der Waals surface area contributed by atoms with Crippen LogP contribution in [0.25, 0.3) is 0 Å². The number of carbonyl (C=O) groups excluding carboxylic acids is 2. The van der Waals surface area contributed by atoms with Crippen LogP contribution in [0.2, 0.25) is 0 Å². The predicted molar refractivity (Wildman–Crippen MR) is 74.5 cm³/mol. The Hall–Kier alpha value is -2.44. The van der Waals surface area contributed by atoms with Gasteiger partial charge in [0.25, 0.3) is 5.69 Å². The maximum absolute atomic E-state index is 11.4. The number of nitro groups is 1. The molecule has 0 spiro atoms. The standard InChI is InChI=1S/C14H17NO6/c1-3-20-14(17)5-4-8-21-11-6-7-13(15(18)19)12(9-11)10(2)16/h6-7,9H,3-5,8H2,1-2H3. The Morgan fingerprint density at radius 2 is 2.05 bits per heavy atom. The second-order valence-corrected chi connectivity index (χ2v) is 4.25. The first-order valence-corrected chi connectivity index (χ1v) is 6.53. The SMILES string of the molecule is CCOC(=O)CCCOc1ccc([N+](=O)[O-])c(C(C)=O)c1. The maximum atomic E-state index is 11.4. The number of ketones is 1. The van der Waals surface area contributed by atoms with E-state index in [-0.39, 0.29) is 30.2 Å². The van der Waals surface area contributed by atoms with E-state index in [1.165, 1.54) is 25.1 Å². The van der Waals surface area contributed by atoms with Crippen molar-refractivity contribution in [3.8, 4) is 5.75 Å². The Kier molecular flexibility index (Phi) is 6.32. The van der Waals surface area contributed by atoms with Crippen molar-refractivity contribution in [3.63, 3.8) is 0 Å². The van der Waals surface area contributed by atoms with Gasteiger partial charge in [-0.2, -0.15) is 0 Å². The maximum Gasteiger partial charge on any atom is 0.305 e. The lowest BCUT2D eigenvalue weighted by atomic mass is 10.1. The monoisotopic (exact) mass is 295 g/mol. The molecule has 0 aliphatic heterocycles. The molecule has 0 N–H and O–H groups in total. The number of esters is 1. The molecule has 0 atom stereocenters. The molecule has 0 saturated heterocycles. The minimum absolute atomic E-state index is 0.00268. The molecule has 0 saturated carbocycles. The summed E-state index contributed by atoms with van der Waals surface area (Å²) in [6.45, 7) is 3.58. The summed E-state index contributed by atoms with van der Waals surface area (Å²) in [7, 11) is 0. The molecule has 1 aromatic carbocycles. The molecule has 114 valence electrons. The van der Waals surface area contributed by atoms with E-state index in [0.29, 0.717) is 18.8 Å². The zero-order valence-electron chi connectivity index (χ0n) is 12.0. The van der Waals surface area contributed by atoms with Gasteiger partial charge in [-0.25, -0.2) is 0 Å². The quantitative estimate of drug-likeness (QED) is 0.240. The third-order valence-electron chi connectivity index (χ3n) is 2.64. The van der Waals surface area contributed by atoms with Crippen LogP contribution in [-0.2, 0) is 9.53 Å². The topological polar surface area (TPSA) is 95.7 Å². The number of benzene rings is 1. The number of nitrogens with zero attached hydrogens (tertiary/aromatic N) is 1. The van der Waals surface area contributed by atoms with Crippen LogP contribution in [0.1, 0.15) is 37.0 Å². The van der Waals surface area contributed by atoms with Crippen LogP contribution in [0.4, 0.5) is 5.69 Å². The van der Waals surface area contributed by atoms with Crippen LogP contribution >= 0.6 is 0 Å². The van der Waals surface area contributed by atoms with E-state index in [4.69, 9.17) is 9.47 Å². The summed E-state index contributed by atoms with van der Waals surface area (Å²) >= 11 is 0. The molecule has 7 heteroatoms. The molecular formula is C14H17NO6. The van der Waals surface area contributed by atoms with Crippen LogP contribution in [0.15, 0.2) is 18.2 Å². The van der Waals surface area contributed by atoms with Gasteiger partial charge < -0.3 is 9.47 Å². The molecule has 21 heavy (non-hydrogen) atoms. The summed E-state index contributed by atoms with van der Waals surface area (Å²) in [5.74, 6) is -0.345. The summed E-state index contributed by atoms with van der Waals surface area (Å²) in [5, 5.41) is 10.8. The molecule has 0 unspecified atom stereocenters. The lowest BCUT2D eigenvalue weighted by molar-refractivity contribution is -0.385. The van der Waals surface area contributed by atoms with Crippen LogP contribution < -0.4 is 4.74 Å². The third kappa shape index (κ3) is 5.21. The second-order valence-electron chi connectivity index (χ2n) is 4.25. The highest BCUT2D eigenvalue weighted by atomic mass is 16.6. The normalized spacial score (nSPS) is 10.0. The second kappa shape index (κ2) is 7.98. The predicted octanol–water partition coefficient (Wildman–Crippen LogP) is 2.52. The van der Waals surface area contributed by atoms with Crippen LogP contribution in [0.5, 0.6) is 5.75 Å². The van der Waals surface area contributed by atoms with Crippen LogP contribution in [-0.4, -0.2) is 29.9 Å². The number of hydrogen-bond donors (Lipinski definition) is 0. The van der Waals surface area contributed by atoms with Gasteiger partial charge in [0, 0.05) is 12.5 Å². The van der Waals surface area contributed by atoms with Crippen molar-refractivity contribution in [2.45, 2.75) is 26.7 Å². The van der Waals surface area contributed by atoms with Crippen molar-refractivity contribution >= 4 is 17.4 Å². The lowest BCUT2D eigenvalue weighted by Crippen LogP contribution is -2.07. The summed E-state index contributed by atoms with van der Waals surface area (Å²) in [4.78, 5) is 32.7. The molecule has 0 heterocycles. The number of nitro benzene ring substituents is 1. The van der Waals surface area contributed by atoms with Crippen molar-refractivity contribution < 1.29 is 24.0 Å². The van der Waals surface area contributed by atoms with E-state index in [9.17, 15) is 19.7 Å². The first-order chi connectivity index (χ1) is 9.95. The Bertz CT molecular complexity index is 540. The summed E-state index contributed by atoms with van der Waals surface area (Å²) < 4.78 is 10.2. The Morgan fingerprint density at radius 3 is 2.62 bits per heavy atom. The summed E-state index contributed by atoms with van der Waals surface area (Å²) in [6.07, 6.45) is 0.700. The highest BCUT2D eigenvalue weighted by Crippen LogP contribution is 2.24. The Balaban J connectivity index is 2.61. The van der Waals surface area contributed by atoms with E-state index in [1.54, 1.807) is 6.92 Å². The van der Waals surface area contributed by atoms with Gasteiger partial charge >= 0.3 is 5.97 Å². The fourth-order valence-corrected chi connectivity index (χ4v) is 1.69. The van der Waals surface area contributed by atoms with Gasteiger partial charge in [0.15, 0.2) is 5.78 Å². The summed E-state index contributed by atoms with van der Waals surface area (Å²) in [6, 6.07) is 4.00. The van der Waals surface area contributed by atoms with Gasteiger partial charge in [-0.05, 0) is 32.4 Å². The molecule has 0 bridgehead atoms.